The molecule has 1 amide bonds. The minimum atomic E-state index is -3.31. The minimum Gasteiger partial charge on any atom is -0.474 e. The average Bonchev–Trinajstić information content (AvgIpc) is 2.73. The number of esters is 1. The topological polar surface area (TPSA) is 116 Å². The number of carboxylic acid groups (broad SMARTS) is 1. The number of hydrazine groups is 1. The average molecular weight is 489 g/mol. The molecule has 8 nitrogen and oxygen atoms in total. The summed E-state index contributed by atoms with van der Waals surface area (Å²) in [7, 11) is 0. The van der Waals surface area contributed by atoms with Gasteiger partial charge in [0.05, 0.1) is 6.54 Å². The van der Waals surface area contributed by atoms with Crippen LogP contribution in [0.4, 0.5) is 13.2 Å². The Balaban J connectivity index is 2.14. The number of benzene rings is 2. The molecular weight excluding hydrogens is 469 g/mol. The summed E-state index contributed by atoms with van der Waals surface area (Å²) in [5.41, 5.74) is 3.20. The first-order valence-corrected chi connectivity index (χ1v) is 9.79. The molecule has 0 aliphatic heterocycles. The summed E-state index contributed by atoms with van der Waals surface area (Å²) in [5, 5.41) is 20.0. The third-order valence-corrected chi connectivity index (χ3v) is 4.39. The monoisotopic (exact) mass is 488 g/mol. The van der Waals surface area contributed by atoms with E-state index in [0.29, 0.717) is 23.1 Å². The van der Waals surface area contributed by atoms with Gasteiger partial charge in [0, 0.05) is 24.1 Å². The number of aliphatic hydroxyl groups is 1. The van der Waals surface area contributed by atoms with Crippen LogP contribution in [0.5, 0.6) is 0 Å². The zero-order valence-corrected chi connectivity index (χ0v) is 18.0. The first-order valence-electron chi connectivity index (χ1n) is 9.41. The van der Waals surface area contributed by atoms with E-state index in [1.165, 1.54) is 30.3 Å². The number of hydrogen-bond donors (Lipinski definition) is 3. The normalized spacial score (nSPS) is 12.3. The van der Waals surface area contributed by atoms with Crippen LogP contribution in [-0.2, 0) is 25.7 Å². The molecule has 0 aliphatic rings. The maximum absolute atomic E-state index is 14.1. The molecule has 2 aromatic rings. The van der Waals surface area contributed by atoms with Gasteiger partial charge in [-0.3, -0.25) is 10.2 Å². The molecule has 0 saturated carbocycles. The number of alkyl halides is 2. The van der Waals surface area contributed by atoms with Crippen molar-refractivity contribution >= 4 is 29.4 Å². The van der Waals surface area contributed by atoms with Crippen molar-refractivity contribution in [3.8, 4) is 11.1 Å². The third kappa shape index (κ3) is 8.37. The van der Waals surface area contributed by atoms with Gasteiger partial charge >= 0.3 is 17.8 Å². The Morgan fingerprint density at radius 2 is 1.82 bits per heavy atom. The largest absolute Gasteiger partial charge is 0.474 e. The van der Waals surface area contributed by atoms with E-state index in [-0.39, 0.29) is 12.1 Å². The molecule has 0 bridgehead atoms. The van der Waals surface area contributed by atoms with Crippen molar-refractivity contribution in [2.75, 3.05) is 13.2 Å². The van der Waals surface area contributed by atoms with Crippen LogP contribution in [0.1, 0.15) is 12.5 Å². The van der Waals surface area contributed by atoms with Crippen molar-refractivity contribution in [3.63, 3.8) is 0 Å². The van der Waals surface area contributed by atoms with Crippen LogP contribution in [0.15, 0.2) is 42.5 Å². The van der Waals surface area contributed by atoms with Gasteiger partial charge in [-0.15, -0.1) is 0 Å². The summed E-state index contributed by atoms with van der Waals surface area (Å²) >= 11 is 5.90. The number of aliphatic hydroxyl groups excluding tert-OH is 1. The van der Waals surface area contributed by atoms with Gasteiger partial charge in [0.25, 0.3) is 5.92 Å². The number of hydrogen-bond acceptors (Lipinski definition) is 6. The summed E-state index contributed by atoms with van der Waals surface area (Å²) < 4.78 is 44.0. The van der Waals surface area contributed by atoms with E-state index in [1.54, 1.807) is 12.1 Å². The van der Waals surface area contributed by atoms with Gasteiger partial charge in [-0.05, 0) is 29.3 Å². The molecule has 178 valence electrons. The van der Waals surface area contributed by atoms with E-state index >= 15 is 0 Å². The van der Waals surface area contributed by atoms with Crippen molar-refractivity contribution < 1.29 is 42.5 Å². The van der Waals surface area contributed by atoms with Gasteiger partial charge in [0.2, 0.25) is 0 Å². The SMILES string of the molecule is CC(F)(F)COC(=O)[C@H](O)CN(Cc1ccc(-c2cc(Cl)ccc2F)cc1)NC(=O)C(=O)O. The highest BCUT2D eigenvalue weighted by Crippen LogP contribution is 2.26. The van der Waals surface area contributed by atoms with E-state index < -0.39 is 48.8 Å². The van der Waals surface area contributed by atoms with Gasteiger partial charge < -0.3 is 14.9 Å². The maximum Gasteiger partial charge on any atom is 0.395 e. The van der Waals surface area contributed by atoms with Crippen LogP contribution in [0.2, 0.25) is 5.02 Å². The highest BCUT2D eigenvalue weighted by atomic mass is 35.5. The molecule has 0 aliphatic carbocycles. The number of nitrogens with zero attached hydrogens (tertiary/aromatic N) is 1. The highest BCUT2D eigenvalue weighted by molar-refractivity contribution is 6.31. The molecule has 0 saturated heterocycles. The van der Waals surface area contributed by atoms with Crippen molar-refractivity contribution in [2.45, 2.75) is 25.5 Å². The first kappa shape index (κ1) is 26.1. The molecule has 2 rings (SSSR count). The second-order valence-corrected chi connectivity index (χ2v) is 7.58. The van der Waals surface area contributed by atoms with E-state index in [0.717, 1.165) is 5.01 Å². The molecule has 0 spiro atoms. The van der Waals surface area contributed by atoms with E-state index in [2.05, 4.69) is 4.74 Å². The van der Waals surface area contributed by atoms with Crippen molar-refractivity contribution in [3.05, 3.63) is 58.9 Å². The van der Waals surface area contributed by atoms with Crippen LogP contribution in [0.3, 0.4) is 0 Å². The minimum absolute atomic E-state index is 0.189. The number of carbonyl (C=O) groups excluding carboxylic acids is 2. The number of halogens is 4. The summed E-state index contributed by atoms with van der Waals surface area (Å²) in [6.07, 6.45) is -1.96. The van der Waals surface area contributed by atoms with Gasteiger partial charge in [0.15, 0.2) is 12.7 Å². The fourth-order valence-corrected chi connectivity index (χ4v) is 2.82. The standard InChI is InChI=1S/C21H20ClF3N2O6/c1-21(24,25)11-33-20(32)17(28)10-27(26-18(29)19(30)31)9-12-2-4-13(5-3-12)15-8-14(22)6-7-16(15)23/h2-8,17,28H,9-11H2,1H3,(H,26,29)(H,30,31)/t17-/m1/s1. The fourth-order valence-electron chi connectivity index (χ4n) is 2.65. The van der Waals surface area contributed by atoms with Gasteiger partial charge in [0.1, 0.15) is 5.82 Å². The second-order valence-electron chi connectivity index (χ2n) is 7.14. The molecule has 1 atom stereocenters. The summed E-state index contributed by atoms with van der Waals surface area (Å²) in [5.74, 6) is -8.46. The Morgan fingerprint density at radius 3 is 2.39 bits per heavy atom. The number of amides is 1. The fraction of sp³-hybridized carbons (Fsp3) is 0.286. The molecule has 0 unspecified atom stereocenters. The predicted octanol–water partition coefficient (Wildman–Crippen LogP) is 2.62. The highest BCUT2D eigenvalue weighted by Gasteiger charge is 2.28. The Bertz CT molecular complexity index is 1010. The Morgan fingerprint density at radius 1 is 1.18 bits per heavy atom. The lowest BCUT2D eigenvalue weighted by atomic mass is 10.0. The quantitative estimate of drug-likeness (QED) is 0.282. The lowest BCUT2D eigenvalue weighted by molar-refractivity contribution is -0.165. The first-order chi connectivity index (χ1) is 15.4. The number of carbonyl (C=O) groups is 3. The lowest BCUT2D eigenvalue weighted by Gasteiger charge is -2.24. The summed E-state index contributed by atoms with van der Waals surface area (Å²) in [6, 6.07) is 10.2. The van der Waals surface area contributed by atoms with Crippen LogP contribution in [0, 0.1) is 5.82 Å². The van der Waals surface area contributed by atoms with Gasteiger partial charge in [-0.25, -0.2) is 27.8 Å². The Hall–Kier alpha value is -3.15. The Kier molecular flexibility index (Phi) is 8.80. The molecular formula is C21H20ClF3N2O6. The van der Waals surface area contributed by atoms with Crippen LogP contribution >= 0.6 is 11.6 Å². The van der Waals surface area contributed by atoms with Crippen molar-refractivity contribution in [1.29, 1.82) is 0 Å². The van der Waals surface area contributed by atoms with Gasteiger partial charge in [-0.1, -0.05) is 35.9 Å². The zero-order valence-electron chi connectivity index (χ0n) is 17.2. The van der Waals surface area contributed by atoms with Crippen LogP contribution in [-0.4, -0.2) is 58.2 Å². The molecule has 0 heterocycles. The molecule has 2 aromatic carbocycles. The molecule has 33 heavy (non-hydrogen) atoms. The molecule has 0 fully saturated rings. The third-order valence-electron chi connectivity index (χ3n) is 4.15. The van der Waals surface area contributed by atoms with Crippen molar-refractivity contribution in [1.82, 2.24) is 10.4 Å². The number of ether oxygens (including phenoxy) is 1. The second kappa shape index (κ2) is 11.1. The smallest absolute Gasteiger partial charge is 0.395 e. The van der Waals surface area contributed by atoms with E-state index in [9.17, 15) is 32.7 Å². The molecule has 0 aromatic heterocycles. The Labute approximate surface area is 191 Å². The number of rotatable bonds is 9. The number of nitrogens with one attached hydrogen (secondary N) is 1. The summed E-state index contributed by atoms with van der Waals surface area (Å²) in [4.78, 5) is 34.2. The number of aliphatic carboxylic acids is 1. The van der Waals surface area contributed by atoms with Crippen LogP contribution < -0.4 is 5.43 Å². The molecule has 12 heteroatoms. The number of carboxylic acids is 1. The molecule has 3 N–H and O–H groups in total. The van der Waals surface area contributed by atoms with Crippen molar-refractivity contribution in [2.24, 2.45) is 0 Å². The predicted molar refractivity (Wildman–Crippen MR) is 111 cm³/mol. The van der Waals surface area contributed by atoms with E-state index in [1.807, 2.05) is 5.43 Å². The maximum atomic E-state index is 14.1. The summed E-state index contributed by atoms with van der Waals surface area (Å²) in [6.45, 7) is -1.58. The zero-order chi connectivity index (χ0) is 24.8. The van der Waals surface area contributed by atoms with E-state index in [4.69, 9.17) is 16.7 Å². The van der Waals surface area contributed by atoms with Gasteiger partial charge in [-0.2, -0.15) is 0 Å². The van der Waals surface area contributed by atoms with Crippen LogP contribution in [0.25, 0.3) is 11.1 Å². The molecule has 0 radical (unpaired) electrons. The lowest BCUT2D eigenvalue weighted by Crippen LogP contribution is -2.49.